The molecule has 0 aromatic heterocycles. The summed E-state index contributed by atoms with van der Waals surface area (Å²) >= 11 is 0. The lowest BCUT2D eigenvalue weighted by Gasteiger charge is -2.17. The van der Waals surface area contributed by atoms with Crippen molar-refractivity contribution in [3.63, 3.8) is 0 Å². The van der Waals surface area contributed by atoms with Crippen LogP contribution in [0.3, 0.4) is 0 Å². The fourth-order valence-corrected chi connectivity index (χ4v) is 2.28. The van der Waals surface area contributed by atoms with Crippen molar-refractivity contribution in [3.05, 3.63) is 29.6 Å². The molecule has 2 rings (SSSR count). The van der Waals surface area contributed by atoms with E-state index < -0.39 is 0 Å². The van der Waals surface area contributed by atoms with Crippen molar-refractivity contribution in [2.24, 2.45) is 5.92 Å². The summed E-state index contributed by atoms with van der Waals surface area (Å²) in [7, 11) is 1.59. The molecule has 1 heterocycles. The Hall–Kier alpha value is -1.09. The molecule has 1 aliphatic heterocycles. The zero-order valence-corrected chi connectivity index (χ0v) is 9.87. The van der Waals surface area contributed by atoms with Gasteiger partial charge in [-0.1, -0.05) is 13.0 Å². The molecule has 1 saturated heterocycles. The van der Waals surface area contributed by atoms with Crippen LogP contribution in [-0.4, -0.2) is 25.1 Å². The molecule has 3 heteroatoms. The molecule has 0 bridgehead atoms. The summed E-state index contributed by atoms with van der Waals surface area (Å²) in [5, 5.41) is 0. The Balaban J connectivity index is 2.14. The largest absolute Gasteiger partial charge is 0.496 e. The van der Waals surface area contributed by atoms with Gasteiger partial charge in [0.2, 0.25) is 0 Å². The standard InChI is InChI=1S/C13H18FNO/c1-10-6-7-15(8-10)9-11-12(14)4-3-5-13(11)16-2/h3-5,10H,6-9H2,1-2H3/t10-/m1/s1. The molecule has 16 heavy (non-hydrogen) atoms. The van der Waals surface area contributed by atoms with Crippen LogP contribution >= 0.6 is 0 Å². The highest BCUT2D eigenvalue weighted by atomic mass is 19.1. The highest BCUT2D eigenvalue weighted by Crippen LogP contribution is 2.25. The summed E-state index contributed by atoms with van der Waals surface area (Å²) in [6, 6.07) is 5.00. The summed E-state index contributed by atoms with van der Waals surface area (Å²) in [5.41, 5.74) is 0.680. The fourth-order valence-electron chi connectivity index (χ4n) is 2.28. The number of halogens is 1. The van der Waals surface area contributed by atoms with Gasteiger partial charge in [0.15, 0.2) is 0 Å². The van der Waals surface area contributed by atoms with Gasteiger partial charge < -0.3 is 4.74 Å². The third-order valence-corrected chi connectivity index (χ3v) is 3.19. The van der Waals surface area contributed by atoms with E-state index in [0.29, 0.717) is 17.9 Å². The van der Waals surface area contributed by atoms with Crippen molar-refractivity contribution in [2.75, 3.05) is 20.2 Å². The molecule has 1 aliphatic rings. The van der Waals surface area contributed by atoms with Gasteiger partial charge in [-0.3, -0.25) is 4.90 Å². The van der Waals surface area contributed by atoms with Crippen LogP contribution in [0.1, 0.15) is 18.9 Å². The number of hydrogen-bond donors (Lipinski definition) is 0. The third kappa shape index (κ3) is 2.35. The van der Waals surface area contributed by atoms with Crippen LogP contribution in [0.4, 0.5) is 4.39 Å². The summed E-state index contributed by atoms with van der Waals surface area (Å²) < 4.78 is 18.9. The maximum Gasteiger partial charge on any atom is 0.131 e. The number of hydrogen-bond acceptors (Lipinski definition) is 2. The second kappa shape index (κ2) is 4.83. The van der Waals surface area contributed by atoms with Gasteiger partial charge in [0, 0.05) is 18.7 Å². The minimum absolute atomic E-state index is 0.168. The Morgan fingerprint density at radius 3 is 2.94 bits per heavy atom. The van der Waals surface area contributed by atoms with Crippen LogP contribution < -0.4 is 4.74 Å². The molecule has 0 aliphatic carbocycles. The van der Waals surface area contributed by atoms with Crippen LogP contribution in [0, 0.1) is 11.7 Å². The predicted molar refractivity (Wildman–Crippen MR) is 62.0 cm³/mol. The second-order valence-corrected chi connectivity index (χ2v) is 4.55. The smallest absolute Gasteiger partial charge is 0.131 e. The predicted octanol–water partition coefficient (Wildman–Crippen LogP) is 2.68. The topological polar surface area (TPSA) is 12.5 Å². The van der Waals surface area contributed by atoms with Gasteiger partial charge in [-0.25, -0.2) is 4.39 Å². The van der Waals surface area contributed by atoms with E-state index in [2.05, 4.69) is 11.8 Å². The molecule has 0 saturated carbocycles. The molecule has 1 fully saturated rings. The second-order valence-electron chi connectivity index (χ2n) is 4.55. The molecule has 0 N–H and O–H groups in total. The normalized spacial score (nSPS) is 21.3. The van der Waals surface area contributed by atoms with E-state index in [0.717, 1.165) is 19.0 Å². The van der Waals surface area contributed by atoms with Crippen molar-refractivity contribution in [1.82, 2.24) is 4.90 Å². The highest BCUT2D eigenvalue weighted by Gasteiger charge is 2.21. The fraction of sp³-hybridized carbons (Fsp3) is 0.538. The van der Waals surface area contributed by atoms with Gasteiger partial charge in [-0.2, -0.15) is 0 Å². The average molecular weight is 223 g/mol. The van der Waals surface area contributed by atoms with Crippen molar-refractivity contribution < 1.29 is 9.13 Å². The molecular formula is C13H18FNO. The van der Waals surface area contributed by atoms with Gasteiger partial charge >= 0.3 is 0 Å². The number of ether oxygens (including phenoxy) is 1. The molecule has 0 unspecified atom stereocenters. The van der Waals surface area contributed by atoms with Gasteiger partial charge in [0.1, 0.15) is 11.6 Å². The van der Waals surface area contributed by atoms with Gasteiger partial charge in [0.05, 0.1) is 7.11 Å². The van der Waals surface area contributed by atoms with Crippen molar-refractivity contribution >= 4 is 0 Å². The Labute approximate surface area is 96.0 Å². The Morgan fingerprint density at radius 1 is 1.50 bits per heavy atom. The molecule has 0 radical (unpaired) electrons. The first-order valence-electron chi connectivity index (χ1n) is 5.74. The lowest BCUT2D eigenvalue weighted by Crippen LogP contribution is -2.20. The minimum Gasteiger partial charge on any atom is -0.496 e. The zero-order chi connectivity index (χ0) is 11.5. The summed E-state index contributed by atoms with van der Waals surface area (Å²) in [6.07, 6.45) is 1.21. The summed E-state index contributed by atoms with van der Waals surface area (Å²) in [4.78, 5) is 2.28. The first-order valence-corrected chi connectivity index (χ1v) is 5.74. The van der Waals surface area contributed by atoms with E-state index in [4.69, 9.17) is 4.74 Å². The molecule has 1 aromatic rings. The molecule has 2 nitrogen and oxygen atoms in total. The van der Waals surface area contributed by atoms with Crippen LogP contribution in [0.2, 0.25) is 0 Å². The highest BCUT2D eigenvalue weighted by molar-refractivity contribution is 5.34. The van der Waals surface area contributed by atoms with E-state index in [1.54, 1.807) is 13.2 Å². The summed E-state index contributed by atoms with van der Waals surface area (Å²) in [5.74, 6) is 1.20. The number of nitrogens with zero attached hydrogens (tertiary/aromatic N) is 1. The van der Waals surface area contributed by atoms with E-state index >= 15 is 0 Å². The van der Waals surface area contributed by atoms with Crippen molar-refractivity contribution in [3.8, 4) is 5.75 Å². The molecule has 88 valence electrons. The van der Waals surface area contributed by atoms with Gasteiger partial charge in [-0.05, 0) is 31.0 Å². The maximum absolute atomic E-state index is 13.7. The number of benzene rings is 1. The first-order chi connectivity index (χ1) is 7.70. The number of likely N-dealkylation sites (tertiary alicyclic amines) is 1. The van der Waals surface area contributed by atoms with Crippen molar-refractivity contribution in [2.45, 2.75) is 19.9 Å². The zero-order valence-electron chi connectivity index (χ0n) is 9.87. The van der Waals surface area contributed by atoms with Crippen LogP contribution in [-0.2, 0) is 6.54 Å². The first kappa shape index (κ1) is 11.4. The lowest BCUT2D eigenvalue weighted by molar-refractivity contribution is 0.305. The summed E-state index contributed by atoms with van der Waals surface area (Å²) in [6.45, 7) is 4.99. The minimum atomic E-state index is -0.168. The number of methoxy groups -OCH3 is 1. The van der Waals surface area contributed by atoms with Crippen LogP contribution in [0.25, 0.3) is 0 Å². The van der Waals surface area contributed by atoms with E-state index in [9.17, 15) is 4.39 Å². The maximum atomic E-state index is 13.7. The quantitative estimate of drug-likeness (QED) is 0.781. The third-order valence-electron chi connectivity index (χ3n) is 3.19. The van der Waals surface area contributed by atoms with E-state index in [1.165, 1.54) is 12.5 Å². The van der Waals surface area contributed by atoms with Gasteiger partial charge in [-0.15, -0.1) is 0 Å². The van der Waals surface area contributed by atoms with Gasteiger partial charge in [0.25, 0.3) is 0 Å². The van der Waals surface area contributed by atoms with Crippen LogP contribution in [0.5, 0.6) is 5.75 Å². The molecule has 1 aromatic carbocycles. The van der Waals surface area contributed by atoms with Crippen molar-refractivity contribution in [1.29, 1.82) is 0 Å². The average Bonchev–Trinajstić information content (AvgIpc) is 2.67. The molecule has 0 spiro atoms. The van der Waals surface area contributed by atoms with Crippen LogP contribution in [0.15, 0.2) is 18.2 Å². The lowest BCUT2D eigenvalue weighted by atomic mass is 10.1. The Kier molecular flexibility index (Phi) is 3.44. The van der Waals surface area contributed by atoms with E-state index in [1.807, 2.05) is 6.07 Å². The Bertz CT molecular complexity index is 367. The number of rotatable bonds is 3. The molecular weight excluding hydrogens is 205 g/mol. The SMILES string of the molecule is COc1cccc(F)c1CN1CC[C@@H](C)C1. The Morgan fingerprint density at radius 2 is 2.31 bits per heavy atom. The monoisotopic (exact) mass is 223 g/mol. The van der Waals surface area contributed by atoms with E-state index in [-0.39, 0.29) is 5.82 Å². The molecule has 1 atom stereocenters. The molecule has 0 amide bonds.